The molecule has 0 radical (unpaired) electrons. The zero-order chi connectivity index (χ0) is 10.8. The van der Waals surface area contributed by atoms with Crippen molar-refractivity contribution in [3.63, 3.8) is 0 Å². The molecule has 15 heavy (non-hydrogen) atoms. The zero-order valence-electron chi connectivity index (χ0n) is 9.07. The normalized spacial score (nSPS) is 29.7. The van der Waals surface area contributed by atoms with E-state index in [1.54, 1.807) is 4.90 Å². The van der Waals surface area contributed by atoms with Gasteiger partial charge in [0.2, 0.25) is 5.91 Å². The summed E-state index contributed by atoms with van der Waals surface area (Å²) in [4.78, 5) is 24.5. The minimum atomic E-state index is -0.0331. The van der Waals surface area contributed by atoms with Gasteiger partial charge in [-0.1, -0.05) is 0 Å². The van der Waals surface area contributed by atoms with Crippen LogP contribution in [-0.2, 0) is 14.3 Å². The molecule has 0 saturated carbocycles. The maximum absolute atomic E-state index is 11.7. The first-order chi connectivity index (χ1) is 7.18. The summed E-state index contributed by atoms with van der Waals surface area (Å²) in [7, 11) is 0. The van der Waals surface area contributed by atoms with E-state index in [0.717, 1.165) is 19.4 Å². The molecule has 84 valence electrons. The van der Waals surface area contributed by atoms with Gasteiger partial charge in [0.15, 0.2) is 0 Å². The molecule has 2 saturated heterocycles. The molecule has 2 aliphatic heterocycles. The predicted octanol–water partition coefficient (Wildman–Crippen LogP) is 0.745. The second-order valence-corrected chi connectivity index (χ2v) is 4.34. The molecule has 2 unspecified atom stereocenters. The van der Waals surface area contributed by atoms with Gasteiger partial charge in [-0.3, -0.25) is 9.59 Å². The number of piperidine rings is 1. The summed E-state index contributed by atoms with van der Waals surface area (Å²) in [6.07, 6.45) is 2.86. The average molecular weight is 211 g/mol. The second kappa shape index (κ2) is 4.31. The van der Waals surface area contributed by atoms with Gasteiger partial charge in [0.25, 0.3) is 0 Å². The third-order valence-corrected chi connectivity index (χ3v) is 3.29. The quantitative estimate of drug-likeness (QED) is 0.633. The molecule has 4 heteroatoms. The Labute approximate surface area is 89.6 Å². The third kappa shape index (κ3) is 2.20. The third-order valence-electron chi connectivity index (χ3n) is 3.29. The molecule has 0 aromatic heterocycles. The Hall–Kier alpha value is -0.900. The van der Waals surface area contributed by atoms with Crippen LogP contribution in [0.25, 0.3) is 0 Å². The predicted molar refractivity (Wildman–Crippen MR) is 54.4 cm³/mol. The van der Waals surface area contributed by atoms with Gasteiger partial charge < -0.3 is 9.64 Å². The highest BCUT2D eigenvalue weighted by molar-refractivity contribution is 6.00. The van der Waals surface area contributed by atoms with Gasteiger partial charge in [-0.2, -0.15) is 0 Å². The van der Waals surface area contributed by atoms with E-state index in [9.17, 15) is 9.59 Å². The Morgan fingerprint density at radius 1 is 1.47 bits per heavy atom. The van der Waals surface area contributed by atoms with Crippen LogP contribution in [0.15, 0.2) is 0 Å². The van der Waals surface area contributed by atoms with Crippen LogP contribution < -0.4 is 0 Å². The standard InChI is InChI=1S/C11H17NO3/c1-8(10-3-2-6-15-10)12-5-4-9(13)7-11(12)14/h8,10H,2-7H2,1H3. The lowest BCUT2D eigenvalue weighted by atomic mass is 10.0. The Kier molecular flexibility index (Phi) is 3.05. The summed E-state index contributed by atoms with van der Waals surface area (Å²) in [6, 6.07) is 0.119. The molecule has 2 rings (SSSR count). The molecule has 0 aromatic carbocycles. The van der Waals surface area contributed by atoms with Crippen LogP contribution in [0.1, 0.15) is 32.6 Å². The van der Waals surface area contributed by atoms with E-state index in [4.69, 9.17) is 4.74 Å². The number of rotatable bonds is 2. The summed E-state index contributed by atoms with van der Waals surface area (Å²) >= 11 is 0. The molecule has 0 aliphatic carbocycles. The van der Waals surface area contributed by atoms with Crippen molar-refractivity contribution in [2.75, 3.05) is 13.2 Å². The summed E-state index contributed by atoms with van der Waals surface area (Å²) in [5.41, 5.74) is 0. The number of carbonyl (C=O) groups is 2. The molecule has 2 aliphatic rings. The van der Waals surface area contributed by atoms with Crippen LogP contribution in [0.3, 0.4) is 0 Å². The topological polar surface area (TPSA) is 46.6 Å². The summed E-state index contributed by atoms with van der Waals surface area (Å²) in [6.45, 7) is 3.39. The lowest BCUT2D eigenvalue weighted by Crippen LogP contribution is -2.49. The number of nitrogens with zero attached hydrogens (tertiary/aromatic N) is 1. The van der Waals surface area contributed by atoms with Crippen LogP contribution in [-0.4, -0.2) is 41.9 Å². The monoisotopic (exact) mass is 211 g/mol. The van der Waals surface area contributed by atoms with Crippen LogP contribution >= 0.6 is 0 Å². The maximum Gasteiger partial charge on any atom is 0.230 e. The molecule has 0 bridgehead atoms. The fourth-order valence-electron chi connectivity index (χ4n) is 2.34. The van der Waals surface area contributed by atoms with Crippen LogP contribution in [0, 0.1) is 0 Å². The average Bonchev–Trinajstić information content (AvgIpc) is 2.69. The maximum atomic E-state index is 11.7. The highest BCUT2D eigenvalue weighted by Crippen LogP contribution is 2.22. The van der Waals surface area contributed by atoms with Crippen molar-refractivity contribution in [2.45, 2.75) is 44.8 Å². The van der Waals surface area contributed by atoms with E-state index in [1.165, 1.54) is 0 Å². The van der Waals surface area contributed by atoms with Crippen molar-refractivity contribution >= 4 is 11.7 Å². The highest BCUT2D eigenvalue weighted by Gasteiger charge is 2.33. The van der Waals surface area contributed by atoms with Gasteiger partial charge in [-0.05, 0) is 19.8 Å². The highest BCUT2D eigenvalue weighted by atomic mass is 16.5. The lowest BCUT2D eigenvalue weighted by molar-refractivity contribution is -0.143. The minimum Gasteiger partial charge on any atom is -0.376 e. The van der Waals surface area contributed by atoms with Crippen molar-refractivity contribution in [3.05, 3.63) is 0 Å². The van der Waals surface area contributed by atoms with Crippen molar-refractivity contribution in [2.24, 2.45) is 0 Å². The lowest BCUT2D eigenvalue weighted by Gasteiger charge is -2.34. The van der Waals surface area contributed by atoms with Gasteiger partial charge in [0, 0.05) is 19.6 Å². The minimum absolute atomic E-state index is 0.0331. The Morgan fingerprint density at radius 3 is 2.87 bits per heavy atom. The van der Waals surface area contributed by atoms with Crippen molar-refractivity contribution in [1.82, 2.24) is 4.90 Å². The van der Waals surface area contributed by atoms with Crippen LogP contribution in [0.2, 0.25) is 0 Å². The van der Waals surface area contributed by atoms with Gasteiger partial charge in [0.05, 0.1) is 18.6 Å². The molecule has 2 heterocycles. The first-order valence-electron chi connectivity index (χ1n) is 5.61. The van der Waals surface area contributed by atoms with E-state index in [-0.39, 0.29) is 30.3 Å². The van der Waals surface area contributed by atoms with E-state index in [2.05, 4.69) is 0 Å². The van der Waals surface area contributed by atoms with Gasteiger partial charge in [-0.25, -0.2) is 0 Å². The van der Waals surface area contributed by atoms with Crippen molar-refractivity contribution in [1.29, 1.82) is 0 Å². The number of hydrogen-bond donors (Lipinski definition) is 0. The van der Waals surface area contributed by atoms with Crippen molar-refractivity contribution in [3.8, 4) is 0 Å². The van der Waals surface area contributed by atoms with Crippen LogP contribution in [0.5, 0.6) is 0 Å². The summed E-state index contributed by atoms with van der Waals surface area (Å²) in [5, 5.41) is 0. The number of Topliss-reactive ketones (excluding diaryl/α,β-unsaturated/α-hetero) is 1. The Balaban J connectivity index is 1.97. The largest absolute Gasteiger partial charge is 0.376 e. The molecule has 4 nitrogen and oxygen atoms in total. The van der Waals surface area contributed by atoms with Crippen LogP contribution in [0.4, 0.5) is 0 Å². The molecule has 2 atom stereocenters. The number of carbonyl (C=O) groups excluding carboxylic acids is 2. The van der Waals surface area contributed by atoms with E-state index in [0.29, 0.717) is 13.0 Å². The number of ether oxygens (including phenoxy) is 1. The number of amides is 1. The fraction of sp³-hybridized carbons (Fsp3) is 0.818. The molecule has 1 amide bonds. The second-order valence-electron chi connectivity index (χ2n) is 4.34. The molecular weight excluding hydrogens is 194 g/mol. The Morgan fingerprint density at radius 2 is 2.27 bits per heavy atom. The Bertz CT molecular complexity index is 271. The number of ketones is 1. The smallest absolute Gasteiger partial charge is 0.230 e. The zero-order valence-corrected chi connectivity index (χ0v) is 9.07. The molecule has 0 N–H and O–H groups in total. The fourth-order valence-corrected chi connectivity index (χ4v) is 2.34. The number of likely N-dealkylation sites (tertiary alicyclic amines) is 1. The van der Waals surface area contributed by atoms with E-state index < -0.39 is 0 Å². The summed E-state index contributed by atoms with van der Waals surface area (Å²) in [5.74, 6) is 0.0324. The molecule has 2 fully saturated rings. The molecule has 0 spiro atoms. The SMILES string of the molecule is CC(C1CCCO1)N1CCC(=O)CC1=O. The first kappa shape index (κ1) is 10.6. The van der Waals surface area contributed by atoms with Gasteiger partial charge in [0.1, 0.15) is 5.78 Å². The van der Waals surface area contributed by atoms with Gasteiger partial charge >= 0.3 is 0 Å². The van der Waals surface area contributed by atoms with Crippen molar-refractivity contribution < 1.29 is 14.3 Å². The molecule has 0 aromatic rings. The van der Waals surface area contributed by atoms with Gasteiger partial charge in [-0.15, -0.1) is 0 Å². The first-order valence-corrected chi connectivity index (χ1v) is 5.61. The van der Waals surface area contributed by atoms with E-state index in [1.807, 2.05) is 6.92 Å². The molecular formula is C11H17NO3. The summed E-state index contributed by atoms with van der Waals surface area (Å²) < 4.78 is 5.56. The van der Waals surface area contributed by atoms with E-state index >= 15 is 0 Å². The number of hydrogen-bond acceptors (Lipinski definition) is 3.